The van der Waals surface area contributed by atoms with Gasteiger partial charge in [-0.25, -0.2) is 0 Å². The highest BCUT2D eigenvalue weighted by molar-refractivity contribution is 4.61. The lowest BCUT2D eigenvalue weighted by Gasteiger charge is -2.34. The highest BCUT2D eigenvalue weighted by Crippen LogP contribution is 2.21. The lowest BCUT2D eigenvalue weighted by molar-refractivity contribution is -0.896. The van der Waals surface area contributed by atoms with Crippen LogP contribution in [0.4, 0.5) is 0 Å². The first kappa shape index (κ1) is 16.0. The summed E-state index contributed by atoms with van der Waals surface area (Å²) in [7, 11) is 7.15. The van der Waals surface area contributed by atoms with Crippen LogP contribution in [0.2, 0.25) is 0 Å². The average Bonchev–Trinajstić information content (AvgIpc) is 2.30. The summed E-state index contributed by atoms with van der Waals surface area (Å²) >= 11 is 0. The van der Waals surface area contributed by atoms with Crippen LogP contribution in [-0.2, 0) is 0 Å². The van der Waals surface area contributed by atoms with Crippen molar-refractivity contribution in [2.75, 3.05) is 21.1 Å². The molecule has 0 bridgehead atoms. The molecule has 1 nitrogen and oxygen atoms in total. The van der Waals surface area contributed by atoms with Crippen LogP contribution < -0.4 is 0 Å². The van der Waals surface area contributed by atoms with Crippen LogP contribution in [-0.4, -0.2) is 31.7 Å². The standard InChI is InChI=1S/C17H36N/c1-18(2,3)17-15-13-11-9-7-5-4-6-8-10-12-14-16-17/h17H,4-16H2,1-3H3/q+1. The van der Waals surface area contributed by atoms with E-state index in [9.17, 15) is 0 Å². The molecule has 0 radical (unpaired) electrons. The maximum atomic E-state index is 2.38. The Morgan fingerprint density at radius 1 is 0.500 bits per heavy atom. The van der Waals surface area contributed by atoms with Crippen LogP contribution in [0.25, 0.3) is 0 Å². The Kier molecular flexibility index (Phi) is 7.97. The molecule has 0 aliphatic heterocycles. The van der Waals surface area contributed by atoms with E-state index in [1.54, 1.807) is 0 Å². The van der Waals surface area contributed by atoms with Crippen molar-refractivity contribution in [3.05, 3.63) is 0 Å². The Hall–Kier alpha value is -0.0400. The van der Waals surface area contributed by atoms with Gasteiger partial charge in [0.15, 0.2) is 0 Å². The normalized spacial score (nSPS) is 23.5. The van der Waals surface area contributed by atoms with Crippen molar-refractivity contribution in [2.24, 2.45) is 0 Å². The van der Waals surface area contributed by atoms with E-state index in [4.69, 9.17) is 0 Å². The van der Waals surface area contributed by atoms with Gasteiger partial charge in [-0.15, -0.1) is 0 Å². The first-order chi connectivity index (χ1) is 8.61. The monoisotopic (exact) mass is 254 g/mol. The molecule has 1 aliphatic rings. The molecule has 1 rings (SSSR count). The zero-order chi connectivity index (χ0) is 13.3. The van der Waals surface area contributed by atoms with Crippen molar-refractivity contribution in [3.8, 4) is 0 Å². The minimum absolute atomic E-state index is 0.896. The smallest absolute Gasteiger partial charge is 0.0884 e. The molecule has 108 valence electrons. The Labute approximate surface area is 116 Å². The Bertz CT molecular complexity index is 178. The third kappa shape index (κ3) is 7.41. The van der Waals surface area contributed by atoms with Crippen LogP contribution in [0.3, 0.4) is 0 Å². The van der Waals surface area contributed by atoms with Gasteiger partial charge in [0.25, 0.3) is 0 Å². The topological polar surface area (TPSA) is 0 Å². The van der Waals surface area contributed by atoms with Gasteiger partial charge in [-0.2, -0.15) is 0 Å². The van der Waals surface area contributed by atoms with Crippen LogP contribution in [0.5, 0.6) is 0 Å². The van der Waals surface area contributed by atoms with Crippen LogP contribution in [0.15, 0.2) is 0 Å². The van der Waals surface area contributed by atoms with Crippen molar-refractivity contribution in [1.82, 2.24) is 0 Å². The lowest BCUT2D eigenvalue weighted by atomic mass is 9.97. The molecule has 0 unspecified atom stereocenters. The molecule has 0 atom stereocenters. The van der Waals surface area contributed by atoms with E-state index < -0.39 is 0 Å². The van der Waals surface area contributed by atoms with E-state index in [0.717, 1.165) is 6.04 Å². The Balaban J connectivity index is 2.34. The minimum Gasteiger partial charge on any atom is -0.328 e. The van der Waals surface area contributed by atoms with Gasteiger partial charge in [-0.1, -0.05) is 57.8 Å². The summed E-state index contributed by atoms with van der Waals surface area (Å²) in [5.41, 5.74) is 0. The van der Waals surface area contributed by atoms with E-state index in [-0.39, 0.29) is 0 Å². The Morgan fingerprint density at radius 3 is 1.06 bits per heavy atom. The fraction of sp³-hybridized carbons (Fsp3) is 1.00. The number of rotatable bonds is 1. The minimum atomic E-state index is 0.896. The predicted molar refractivity (Wildman–Crippen MR) is 81.8 cm³/mol. The fourth-order valence-electron chi connectivity index (χ4n) is 3.27. The zero-order valence-electron chi connectivity index (χ0n) is 13.2. The summed E-state index contributed by atoms with van der Waals surface area (Å²) in [6, 6.07) is 0.896. The molecular formula is C17H36N+. The van der Waals surface area contributed by atoms with E-state index in [1.807, 2.05) is 0 Å². The van der Waals surface area contributed by atoms with Crippen molar-refractivity contribution in [1.29, 1.82) is 0 Å². The van der Waals surface area contributed by atoms with Gasteiger partial charge >= 0.3 is 0 Å². The molecule has 1 aliphatic carbocycles. The fourth-order valence-corrected chi connectivity index (χ4v) is 3.27. The molecule has 0 spiro atoms. The predicted octanol–water partition coefficient (Wildman–Crippen LogP) is 5.15. The second-order valence-electron chi connectivity index (χ2n) is 7.24. The van der Waals surface area contributed by atoms with Gasteiger partial charge in [-0.05, 0) is 25.7 Å². The van der Waals surface area contributed by atoms with Gasteiger partial charge in [-0.3, -0.25) is 0 Å². The number of hydrogen-bond acceptors (Lipinski definition) is 0. The zero-order valence-corrected chi connectivity index (χ0v) is 13.2. The second kappa shape index (κ2) is 8.96. The molecule has 0 amide bonds. The van der Waals surface area contributed by atoms with Crippen LogP contribution >= 0.6 is 0 Å². The molecule has 0 heterocycles. The van der Waals surface area contributed by atoms with Gasteiger partial charge in [0, 0.05) is 0 Å². The Morgan fingerprint density at radius 2 is 0.778 bits per heavy atom. The summed E-state index contributed by atoms with van der Waals surface area (Å²) < 4.78 is 1.17. The van der Waals surface area contributed by atoms with Crippen molar-refractivity contribution < 1.29 is 4.48 Å². The molecule has 0 saturated heterocycles. The first-order valence-corrected chi connectivity index (χ1v) is 8.42. The summed E-state index contributed by atoms with van der Waals surface area (Å²) in [4.78, 5) is 0. The number of hydrogen-bond donors (Lipinski definition) is 0. The highest BCUT2D eigenvalue weighted by Gasteiger charge is 2.22. The SMILES string of the molecule is C[N+](C)(C)C1CCCCCCCCCCCCC1. The number of nitrogens with zero attached hydrogens (tertiary/aromatic N) is 1. The summed E-state index contributed by atoms with van der Waals surface area (Å²) in [5.74, 6) is 0. The van der Waals surface area contributed by atoms with Gasteiger partial charge in [0.1, 0.15) is 0 Å². The van der Waals surface area contributed by atoms with Gasteiger partial charge in [0.2, 0.25) is 0 Å². The lowest BCUT2D eigenvalue weighted by Crippen LogP contribution is -2.45. The molecule has 0 aromatic carbocycles. The van der Waals surface area contributed by atoms with Crippen molar-refractivity contribution in [3.63, 3.8) is 0 Å². The largest absolute Gasteiger partial charge is 0.328 e. The maximum absolute atomic E-state index is 2.38. The van der Waals surface area contributed by atoms with E-state index in [2.05, 4.69) is 21.1 Å². The third-order valence-electron chi connectivity index (χ3n) is 4.67. The molecule has 18 heavy (non-hydrogen) atoms. The number of quaternary nitrogens is 1. The first-order valence-electron chi connectivity index (χ1n) is 8.42. The third-order valence-corrected chi connectivity index (χ3v) is 4.67. The van der Waals surface area contributed by atoms with E-state index in [0.29, 0.717) is 0 Å². The molecule has 0 aromatic heterocycles. The molecular weight excluding hydrogens is 218 g/mol. The van der Waals surface area contributed by atoms with E-state index in [1.165, 1.54) is 88.0 Å². The summed E-state index contributed by atoms with van der Waals surface area (Å²) in [5, 5.41) is 0. The molecule has 1 fully saturated rings. The van der Waals surface area contributed by atoms with Crippen LogP contribution in [0.1, 0.15) is 83.5 Å². The second-order valence-corrected chi connectivity index (χ2v) is 7.24. The highest BCUT2D eigenvalue weighted by atomic mass is 15.3. The summed E-state index contributed by atoms with van der Waals surface area (Å²) in [6.45, 7) is 0. The van der Waals surface area contributed by atoms with Crippen molar-refractivity contribution >= 4 is 0 Å². The van der Waals surface area contributed by atoms with Gasteiger partial charge < -0.3 is 4.48 Å². The maximum Gasteiger partial charge on any atom is 0.0884 e. The quantitative estimate of drug-likeness (QED) is 0.568. The molecule has 0 aromatic rings. The molecule has 1 saturated carbocycles. The molecule has 0 N–H and O–H groups in total. The molecule has 1 heteroatoms. The van der Waals surface area contributed by atoms with Crippen molar-refractivity contribution in [2.45, 2.75) is 89.5 Å². The summed E-state index contributed by atoms with van der Waals surface area (Å²) in [6.07, 6.45) is 19.1. The van der Waals surface area contributed by atoms with Crippen LogP contribution in [0, 0.1) is 0 Å². The average molecular weight is 254 g/mol. The van der Waals surface area contributed by atoms with E-state index >= 15 is 0 Å². The van der Waals surface area contributed by atoms with Gasteiger partial charge in [0.05, 0.1) is 27.2 Å².